The van der Waals surface area contributed by atoms with Crippen molar-refractivity contribution in [3.63, 3.8) is 0 Å². The number of carboxylic acids is 1. The van der Waals surface area contributed by atoms with E-state index in [2.05, 4.69) is 0 Å². The second-order valence-electron chi connectivity index (χ2n) is 5.28. The lowest BCUT2D eigenvalue weighted by molar-refractivity contribution is -0.135. The minimum absolute atomic E-state index is 0.259. The van der Waals surface area contributed by atoms with E-state index in [9.17, 15) is 9.59 Å². The molecule has 1 aromatic carbocycles. The number of anilines is 1. The van der Waals surface area contributed by atoms with Crippen LogP contribution in [0.4, 0.5) is 10.5 Å². The van der Waals surface area contributed by atoms with Crippen molar-refractivity contribution in [3.05, 3.63) is 30.3 Å². The first-order valence-electron chi connectivity index (χ1n) is 6.87. The Kier molecular flexibility index (Phi) is 4.61. The van der Waals surface area contributed by atoms with Crippen molar-refractivity contribution in [2.45, 2.75) is 19.3 Å². The number of hydrogen-bond acceptors (Lipinski definition) is 2. The zero-order valence-corrected chi connectivity index (χ0v) is 11.7. The van der Waals surface area contributed by atoms with Gasteiger partial charge in [-0.05, 0) is 30.9 Å². The van der Waals surface area contributed by atoms with Gasteiger partial charge >= 0.3 is 12.0 Å². The van der Waals surface area contributed by atoms with Crippen LogP contribution in [0.25, 0.3) is 0 Å². The number of carbonyl (C=O) groups is 2. The molecule has 0 spiro atoms. The van der Waals surface area contributed by atoms with Gasteiger partial charge in [0.05, 0.1) is 0 Å². The Labute approximate surface area is 118 Å². The molecule has 1 aliphatic carbocycles. The van der Waals surface area contributed by atoms with Crippen molar-refractivity contribution in [1.82, 2.24) is 4.90 Å². The predicted molar refractivity (Wildman–Crippen MR) is 76.8 cm³/mol. The van der Waals surface area contributed by atoms with Gasteiger partial charge in [-0.25, -0.2) is 4.79 Å². The molecule has 0 unspecified atom stereocenters. The Morgan fingerprint density at radius 3 is 2.40 bits per heavy atom. The Bertz CT molecular complexity index is 471. The first-order chi connectivity index (χ1) is 9.58. The highest BCUT2D eigenvalue weighted by Crippen LogP contribution is 2.27. The highest BCUT2D eigenvalue weighted by Gasteiger charge is 2.26. The van der Waals surface area contributed by atoms with E-state index in [0.717, 1.165) is 12.8 Å². The van der Waals surface area contributed by atoms with Crippen LogP contribution in [0, 0.1) is 5.92 Å². The molecule has 5 nitrogen and oxygen atoms in total. The van der Waals surface area contributed by atoms with Crippen LogP contribution in [0.1, 0.15) is 19.3 Å². The highest BCUT2D eigenvalue weighted by atomic mass is 16.4. The number of rotatable bonds is 5. The molecule has 1 saturated carbocycles. The van der Waals surface area contributed by atoms with Crippen LogP contribution in [0.2, 0.25) is 0 Å². The molecule has 2 amide bonds. The zero-order chi connectivity index (χ0) is 14.5. The van der Waals surface area contributed by atoms with Gasteiger partial charge in [-0.2, -0.15) is 0 Å². The van der Waals surface area contributed by atoms with Crippen molar-refractivity contribution >= 4 is 17.7 Å². The van der Waals surface area contributed by atoms with Crippen LogP contribution >= 0.6 is 0 Å². The normalized spacial score (nSPS) is 14.4. The molecule has 0 radical (unpaired) electrons. The molecular formula is C15H20N2O3. The molecule has 20 heavy (non-hydrogen) atoms. The topological polar surface area (TPSA) is 60.9 Å². The lowest BCUT2D eigenvalue weighted by atomic mass is 9.85. The fraction of sp³-hybridized carbons (Fsp3) is 0.467. The van der Waals surface area contributed by atoms with Gasteiger partial charge in [0.15, 0.2) is 0 Å². The van der Waals surface area contributed by atoms with Crippen LogP contribution in [0.3, 0.4) is 0 Å². The summed E-state index contributed by atoms with van der Waals surface area (Å²) in [5.74, 6) is -0.453. The maximum atomic E-state index is 12.4. The summed E-state index contributed by atoms with van der Waals surface area (Å²) in [7, 11) is 1.73. The van der Waals surface area contributed by atoms with E-state index in [-0.39, 0.29) is 12.6 Å². The summed E-state index contributed by atoms with van der Waals surface area (Å²) in [4.78, 5) is 26.4. The third-order valence-corrected chi connectivity index (χ3v) is 3.68. The van der Waals surface area contributed by atoms with Gasteiger partial charge in [0, 0.05) is 19.3 Å². The highest BCUT2D eigenvalue weighted by molar-refractivity contribution is 5.96. The second-order valence-corrected chi connectivity index (χ2v) is 5.28. The Morgan fingerprint density at radius 1 is 1.25 bits per heavy atom. The number of carboxylic acid groups (broad SMARTS) is 1. The van der Waals surface area contributed by atoms with Gasteiger partial charge in [0.2, 0.25) is 0 Å². The number of hydrogen-bond donors (Lipinski definition) is 1. The molecule has 1 aliphatic rings. The van der Waals surface area contributed by atoms with Crippen molar-refractivity contribution < 1.29 is 14.7 Å². The average molecular weight is 276 g/mol. The minimum Gasteiger partial charge on any atom is -0.480 e. The van der Waals surface area contributed by atoms with Crippen molar-refractivity contribution in [3.8, 4) is 0 Å². The second kappa shape index (κ2) is 6.41. The number of carbonyl (C=O) groups excluding carboxylic acids is 1. The van der Waals surface area contributed by atoms with E-state index >= 15 is 0 Å². The van der Waals surface area contributed by atoms with Crippen LogP contribution in [-0.2, 0) is 4.79 Å². The smallest absolute Gasteiger partial charge is 0.324 e. The lowest BCUT2D eigenvalue weighted by Crippen LogP contribution is -2.46. The van der Waals surface area contributed by atoms with E-state index in [1.54, 1.807) is 36.2 Å². The molecule has 2 rings (SSSR count). The molecule has 1 N–H and O–H groups in total. The molecule has 0 heterocycles. The maximum absolute atomic E-state index is 12.4. The first-order valence-corrected chi connectivity index (χ1v) is 6.87. The Morgan fingerprint density at radius 2 is 1.90 bits per heavy atom. The van der Waals surface area contributed by atoms with E-state index in [0.29, 0.717) is 18.2 Å². The molecule has 5 heteroatoms. The summed E-state index contributed by atoms with van der Waals surface area (Å²) in [5, 5.41) is 9.00. The van der Waals surface area contributed by atoms with E-state index in [1.807, 2.05) is 6.07 Å². The molecule has 108 valence electrons. The molecule has 0 aliphatic heterocycles. The van der Waals surface area contributed by atoms with Crippen LogP contribution < -0.4 is 4.90 Å². The van der Waals surface area contributed by atoms with E-state index < -0.39 is 5.97 Å². The summed E-state index contributed by atoms with van der Waals surface area (Å²) < 4.78 is 0. The fourth-order valence-corrected chi connectivity index (χ4v) is 2.36. The van der Waals surface area contributed by atoms with Crippen molar-refractivity contribution in [1.29, 1.82) is 0 Å². The number of benzene rings is 1. The van der Waals surface area contributed by atoms with Crippen LogP contribution in [-0.4, -0.2) is 42.1 Å². The predicted octanol–water partition coefficient (Wildman–Crippen LogP) is 2.43. The quantitative estimate of drug-likeness (QED) is 0.898. The SMILES string of the molecule is CN(CC1CCC1)C(=O)N(CC(=O)O)c1ccccc1. The number of amides is 2. The number of para-hydroxylation sites is 1. The monoisotopic (exact) mass is 276 g/mol. The van der Waals surface area contributed by atoms with Crippen LogP contribution in [0.15, 0.2) is 30.3 Å². The van der Waals surface area contributed by atoms with Crippen LogP contribution in [0.5, 0.6) is 0 Å². The average Bonchev–Trinajstić information content (AvgIpc) is 2.40. The minimum atomic E-state index is -1.01. The summed E-state index contributed by atoms with van der Waals surface area (Å²) in [6.45, 7) is 0.375. The van der Waals surface area contributed by atoms with Gasteiger partial charge < -0.3 is 10.0 Å². The molecule has 0 bridgehead atoms. The third-order valence-electron chi connectivity index (χ3n) is 3.68. The maximum Gasteiger partial charge on any atom is 0.324 e. The van der Waals surface area contributed by atoms with Gasteiger partial charge in [-0.15, -0.1) is 0 Å². The Hall–Kier alpha value is -2.04. The van der Waals surface area contributed by atoms with Crippen molar-refractivity contribution in [2.75, 3.05) is 25.0 Å². The van der Waals surface area contributed by atoms with Gasteiger partial charge in [-0.1, -0.05) is 24.6 Å². The Balaban J connectivity index is 2.08. The first kappa shape index (κ1) is 14.4. The standard InChI is InChI=1S/C15H20N2O3/c1-16(10-12-6-5-7-12)15(20)17(11-14(18)19)13-8-3-2-4-9-13/h2-4,8-9,12H,5-7,10-11H2,1H3,(H,18,19). The van der Waals surface area contributed by atoms with Gasteiger partial charge in [0.25, 0.3) is 0 Å². The molecule has 1 aromatic rings. The molecule has 0 atom stereocenters. The lowest BCUT2D eigenvalue weighted by Gasteiger charge is -2.33. The van der Waals surface area contributed by atoms with Crippen molar-refractivity contribution in [2.24, 2.45) is 5.92 Å². The summed E-state index contributed by atoms with van der Waals surface area (Å²) >= 11 is 0. The summed E-state index contributed by atoms with van der Waals surface area (Å²) in [6.07, 6.45) is 3.54. The van der Waals surface area contributed by atoms with Gasteiger partial charge in [-0.3, -0.25) is 9.69 Å². The third kappa shape index (κ3) is 3.50. The van der Waals surface area contributed by atoms with E-state index in [1.165, 1.54) is 11.3 Å². The van der Waals surface area contributed by atoms with Gasteiger partial charge in [0.1, 0.15) is 6.54 Å². The molecule has 1 fully saturated rings. The fourth-order valence-electron chi connectivity index (χ4n) is 2.36. The number of nitrogens with zero attached hydrogens (tertiary/aromatic N) is 2. The molecular weight excluding hydrogens is 256 g/mol. The number of urea groups is 1. The van der Waals surface area contributed by atoms with E-state index in [4.69, 9.17) is 5.11 Å². The molecule has 0 aromatic heterocycles. The summed E-state index contributed by atoms with van der Waals surface area (Å²) in [5.41, 5.74) is 0.611. The largest absolute Gasteiger partial charge is 0.480 e. The zero-order valence-electron chi connectivity index (χ0n) is 11.7. The molecule has 0 saturated heterocycles. The summed E-state index contributed by atoms with van der Waals surface area (Å²) in [6, 6.07) is 8.67. The number of aliphatic carboxylic acids is 1.